The largest absolute Gasteiger partial charge is 0.494 e. The molecule has 3 aromatic rings. The summed E-state index contributed by atoms with van der Waals surface area (Å²) in [5, 5.41) is 5.93. The molecule has 1 aromatic heterocycles. The lowest BCUT2D eigenvalue weighted by molar-refractivity contribution is 0.102. The molecule has 3 rings (SSSR count). The second-order valence-electron chi connectivity index (χ2n) is 6.89. The second-order valence-corrected chi connectivity index (χ2v) is 7.71. The van der Waals surface area contributed by atoms with Gasteiger partial charge in [-0.05, 0) is 17.7 Å². The zero-order valence-electron chi connectivity index (χ0n) is 17.9. The average Bonchev–Trinajstić information content (AvgIpc) is 2.79. The van der Waals surface area contributed by atoms with Crippen LogP contribution in [0.25, 0.3) is 0 Å². The van der Waals surface area contributed by atoms with Gasteiger partial charge >= 0.3 is 5.69 Å². The number of aromatic nitrogens is 2. The molecule has 0 spiro atoms. The highest BCUT2D eigenvalue weighted by Gasteiger charge is 2.20. The standard InChI is InChI=1S/C22H22Cl2N4O5/c1-32-9-8-28-19(26-20(29)14-10-15(23)18(33-2)16(24)11-14)17(21(30)27-22(28)31)25-12-13-6-4-3-5-7-13/h3-7,10-11,25H,8-9,12H2,1-2H3,(H,26,29)(H,27,30,31). The fourth-order valence-electron chi connectivity index (χ4n) is 3.11. The first kappa shape index (κ1) is 24.4. The van der Waals surface area contributed by atoms with Crippen molar-refractivity contribution in [1.29, 1.82) is 0 Å². The molecule has 174 valence electrons. The number of H-pyrrole nitrogens is 1. The van der Waals surface area contributed by atoms with E-state index in [0.29, 0.717) is 0 Å². The zero-order valence-corrected chi connectivity index (χ0v) is 19.4. The van der Waals surface area contributed by atoms with Crippen LogP contribution < -0.4 is 26.6 Å². The van der Waals surface area contributed by atoms with Gasteiger partial charge in [0.1, 0.15) is 11.5 Å². The van der Waals surface area contributed by atoms with Crippen molar-refractivity contribution in [2.24, 2.45) is 0 Å². The van der Waals surface area contributed by atoms with E-state index in [9.17, 15) is 14.4 Å². The number of hydrogen-bond acceptors (Lipinski definition) is 6. The number of methoxy groups -OCH3 is 2. The molecule has 0 unspecified atom stereocenters. The first-order valence-corrected chi connectivity index (χ1v) is 10.6. The van der Waals surface area contributed by atoms with Crippen molar-refractivity contribution in [3.8, 4) is 5.75 Å². The van der Waals surface area contributed by atoms with E-state index in [1.165, 1.54) is 30.9 Å². The molecule has 3 N–H and O–H groups in total. The molecule has 1 heterocycles. The van der Waals surface area contributed by atoms with Gasteiger partial charge in [-0.25, -0.2) is 4.79 Å². The van der Waals surface area contributed by atoms with Crippen molar-refractivity contribution in [2.75, 3.05) is 31.5 Å². The van der Waals surface area contributed by atoms with Crippen molar-refractivity contribution in [1.82, 2.24) is 9.55 Å². The molecule has 0 saturated heterocycles. The van der Waals surface area contributed by atoms with E-state index in [1.807, 2.05) is 30.3 Å². The molecule has 0 aliphatic rings. The summed E-state index contributed by atoms with van der Waals surface area (Å²) < 4.78 is 11.4. The first-order chi connectivity index (χ1) is 15.8. The lowest BCUT2D eigenvalue weighted by Gasteiger charge is -2.18. The molecule has 33 heavy (non-hydrogen) atoms. The molecule has 11 heteroatoms. The minimum absolute atomic E-state index is 0.00945. The number of aromatic amines is 1. The Morgan fingerprint density at radius 2 is 1.76 bits per heavy atom. The number of anilines is 2. The zero-order chi connectivity index (χ0) is 24.0. The van der Waals surface area contributed by atoms with Crippen LogP contribution >= 0.6 is 23.2 Å². The van der Waals surface area contributed by atoms with Gasteiger partial charge in [0.15, 0.2) is 5.75 Å². The Balaban J connectivity index is 2.02. The smallest absolute Gasteiger partial charge is 0.330 e. The van der Waals surface area contributed by atoms with Crippen LogP contribution in [-0.4, -0.2) is 36.3 Å². The van der Waals surface area contributed by atoms with Crippen LogP contribution in [0, 0.1) is 0 Å². The number of rotatable bonds is 9. The minimum Gasteiger partial charge on any atom is -0.494 e. The molecule has 9 nitrogen and oxygen atoms in total. The summed E-state index contributed by atoms with van der Waals surface area (Å²) in [7, 11) is 2.88. The summed E-state index contributed by atoms with van der Waals surface area (Å²) in [6, 6.07) is 12.1. The van der Waals surface area contributed by atoms with Crippen LogP contribution in [0.2, 0.25) is 10.0 Å². The van der Waals surface area contributed by atoms with E-state index >= 15 is 0 Å². The molecule has 0 aliphatic carbocycles. The number of benzene rings is 2. The highest BCUT2D eigenvalue weighted by molar-refractivity contribution is 6.37. The Bertz CT molecular complexity index is 1230. The molecule has 0 fully saturated rings. The summed E-state index contributed by atoms with van der Waals surface area (Å²) in [5.41, 5.74) is -0.328. The Morgan fingerprint density at radius 3 is 2.36 bits per heavy atom. The van der Waals surface area contributed by atoms with Crippen LogP contribution in [0.15, 0.2) is 52.1 Å². The van der Waals surface area contributed by atoms with Crippen LogP contribution in [0.3, 0.4) is 0 Å². The normalized spacial score (nSPS) is 10.7. The number of nitrogens with one attached hydrogen (secondary N) is 3. The van der Waals surface area contributed by atoms with Gasteiger partial charge in [-0.1, -0.05) is 53.5 Å². The molecule has 0 atom stereocenters. The highest BCUT2D eigenvalue weighted by atomic mass is 35.5. The number of halogens is 2. The van der Waals surface area contributed by atoms with Crippen LogP contribution in [-0.2, 0) is 17.8 Å². The van der Waals surface area contributed by atoms with Crippen molar-refractivity contribution >= 4 is 40.6 Å². The van der Waals surface area contributed by atoms with Gasteiger partial charge in [-0.3, -0.25) is 19.1 Å². The average molecular weight is 493 g/mol. The molecule has 0 radical (unpaired) electrons. The van der Waals surface area contributed by atoms with E-state index in [4.69, 9.17) is 32.7 Å². The Labute approximate surface area is 199 Å². The maximum Gasteiger partial charge on any atom is 0.330 e. The van der Waals surface area contributed by atoms with Crippen molar-refractivity contribution in [3.63, 3.8) is 0 Å². The van der Waals surface area contributed by atoms with E-state index in [-0.39, 0.29) is 52.6 Å². The number of ether oxygens (including phenoxy) is 2. The van der Waals surface area contributed by atoms with Gasteiger partial charge < -0.3 is 20.1 Å². The summed E-state index contributed by atoms with van der Waals surface area (Å²) >= 11 is 12.3. The summed E-state index contributed by atoms with van der Waals surface area (Å²) in [6.07, 6.45) is 0. The van der Waals surface area contributed by atoms with E-state index < -0.39 is 17.2 Å². The third-order valence-corrected chi connectivity index (χ3v) is 5.29. The Hall–Kier alpha value is -3.27. The molecular weight excluding hydrogens is 471 g/mol. The molecule has 0 bridgehead atoms. The van der Waals surface area contributed by atoms with E-state index in [0.717, 1.165) is 5.56 Å². The first-order valence-electron chi connectivity index (χ1n) is 9.84. The monoisotopic (exact) mass is 492 g/mol. The lowest BCUT2D eigenvalue weighted by atomic mass is 10.2. The van der Waals surface area contributed by atoms with Crippen molar-refractivity contribution < 1.29 is 14.3 Å². The summed E-state index contributed by atoms with van der Waals surface area (Å²) in [4.78, 5) is 40.5. The van der Waals surface area contributed by atoms with Gasteiger partial charge in [-0.15, -0.1) is 0 Å². The van der Waals surface area contributed by atoms with Gasteiger partial charge in [0.25, 0.3) is 11.5 Å². The third kappa shape index (κ3) is 5.75. The Kier molecular flexibility index (Phi) is 8.16. The molecule has 0 saturated carbocycles. The van der Waals surface area contributed by atoms with Crippen LogP contribution in [0.5, 0.6) is 5.75 Å². The topological polar surface area (TPSA) is 114 Å². The van der Waals surface area contributed by atoms with Crippen LogP contribution in [0.4, 0.5) is 11.5 Å². The predicted octanol–water partition coefficient (Wildman–Crippen LogP) is 3.36. The molecule has 0 aliphatic heterocycles. The maximum absolute atomic E-state index is 13.0. The van der Waals surface area contributed by atoms with Crippen LogP contribution in [0.1, 0.15) is 15.9 Å². The fourth-order valence-corrected chi connectivity index (χ4v) is 3.75. The van der Waals surface area contributed by atoms with E-state index in [1.54, 1.807) is 0 Å². The van der Waals surface area contributed by atoms with Crippen molar-refractivity contribution in [2.45, 2.75) is 13.1 Å². The summed E-state index contributed by atoms with van der Waals surface area (Å²) in [6.45, 7) is 0.550. The van der Waals surface area contributed by atoms with Gasteiger partial charge in [0.05, 0.1) is 30.3 Å². The van der Waals surface area contributed by atoms with Gasteiger partial charge in [-0.2, -0.15) is 0 Å². The molecular formula is C22H22Cl2N4O5. The highest BCUT2D eigenvalue weighted by Crippen LogP contribution is 2.34. The van der Waals surface area contributed by atoms with Gasteiger partial charge in [0.2, 0.25) is 0 Å². The molecule has 2 aromatic carbocycles. The number of amides is 1. The SMILES string of the molecule is COCCn1c(NC(=O)c2cc(Cl)c(OC)c(Cl)c2)c(NCc2ccccc2)c(=O)[nH]c1=O. The van der Waals surface area contributed by atoms with Gasteiger partial charge in [0, 0.05) is 19.2 Å². The maximum atomic E-state index is 13.0. The minimum atomic E-state index is -0.691. The number of carbonyl (C=O) groups is 1. The lowest BCUT2D eigenvalue weighted by Crippen LogP contribution is -2.36. The quantitative estimate of drug-likeness (QED) is 0.421. The summed E-state index contributed by atoms with van der Waals surface area (Å²) in [5.74, 6) is -0.404. The molecule has 1 amide bonds. The number of nitrogens with zero attached hydrogens (tertiary/aromatic N) is 1. The van der Waals surface area contributed by atoms with E-state index in [2.05, 4.69) is 15.6 Å². The Morgan fingerprint density at radius 1 is 1.09 bits per heavy atom. The fraction of sp³-hybridized carbons (Fsp3) is 0.227. The second kappa shape index (κ2) is 11.0. The third-order valence-electron chi connectivity index (χ3n) is 4.73. The predicted molar refractivity (Wildman–Crippen MR) is 128 cm³/mol. The van der Waals surface area contributed by atoms with Crippen molar-refractivity contribution in [3.05, 3.63) is 84.5 Å². The number of carbonyl (C=O) groups excluding carboxylic acids is 1. The number of hydrogen-bond donors (Lipinski definition) is 3.